The largest absolute Gasteiger partial charge is 0.371 e. The minimum atomic E-state index is -3.45. The Balaban J connectivity index is 1.82. The second kappa shape index (κ2) is 6.41. The molecule has 2 aromatic rings. The van der Waals surface area contributed by atoms with E-state index in [0.717, 1.165) is 9.35 Å². The fraction of sp³-hybridized carbons (Fsp3) is 0.333. The molecule has 1 aromatic heterocycles. The monoisotopic (exact) mass is 401 g/mol. The Morgan fingerprint density at radius 1 is 1.23 bits per heavy atom. The fourth-order valence-electron chi connectivity index (χ4n) is 2.39. The summed E-state index contributed by atoms with van der Waals surface area (Å²) >= 11 is 4.55. The molecule has 118 valence electrons. The Morgan fingerprint density at radius 3 is 2.59 bits per heavy atom. The SMILES string of the molecule is Cc1ccc(C2CN(S(=O)(=O)c3ccc(Br)s3)CCO2)cc1. The topological polar surface area (TPSA) is 46.6 Å². The molecule has 3 rings (SSSR count). The number of aryl methyl sites for hydroxylation is 1. The molecule has 0 spiro atoms. The number of rotatable bonds is 3. The Kier molecular flexibility index (Phi) is 4.70. The van der Waals surface area contributed by atoms with E-state index in [1.54, 1.807) is 12.1 Å². The Bertz CT molecular complexity index is 755. The molecule has 0 bridgehead atoms. The van der Waals surface area contributed by atoms with Crippen LogP contribution in [0.2, 0.25) is 0 Å². The van der Waals surface area contributed by atoms with Gasteiger partial charge in [0.15, 0.2) is 0 Å². The van der Waals surface area contributed by atoms with E-state index in [9.17, 15) is 8.42 Å². The molecule has 0 radical (unpaired) electrons. The van der Waals surface area contributed by atoms with Gasteiger partial charge in [0.2, 0.25) is 0 Å². The summed E-state index contributed by atoms with van der Waals surface area (Å²) in [6.45, 7) is 3.17. The number of benzene rings is 1. The number of ether oxygens (including phenoxy) is 1. The third-order valence-corrected chi connectivity index (χ3v) is 7.58. The first kappa shape index (κ1) is 16.1. The highest BCUT2D eigenvalue weighted by atomic mass is 79.9. The second-order valence-electron chi connectivity index (χ2n) is 5.19. The second-order valence-corrected chi connectivity index (χ2v) is 9.82. The number of thiophene rings is 1. The van der Waals surface area contributed by atoms with Crippen LogP contribution in [0.15, 0.2) is 44.4 Å². The van der Waals surface area contributed by atoms with Crippen LogP contribution in [0, 0.1) is 6.92 Å². The highest BCUT2D eigenvalue weighted by Gasteiger charge is 2.32. The maximum absolute atomic E-state index is 12.7. The maximum atomic E-state index is 12.7. The number of nitrogens with zero attached hydrogens (tertiary/aromatic N) is 1. The average Bonchev–Trinajstić information content (AvgIpc) is 2.95. The summed E-state index contributed by atoms with van der Waals surface area (Å²) in [6, 6.07) is 11.4. The lowest BCUT2D eigenvalue weighted by Crippen LogP contribution is -2.41. The van der Waals surface area contributed by atoms with Gasteiger partial charge in [-0.25, -0.2) is 8.42 Å². The highest BCUT2D eigenvalue weighted by Crippen LogP contribution is 2.31. The molecule has 1 aliphatic heterocycles. The summed E-state index contributed by atoms with van der Waals surface area (Å²) in [7, 11) is -3.45. The maximum Gasteiger partial charge on any atom is 0.252 e. The first-order chi connectivity index (χ1) is 10.5. The smallest absolute Gasteiger partial charge is 0.252 e. The van der Waals surface area contributed by atoms with E-state index in [1.165, 1.54) is 21.2 Å². The third-order valence-electron chi connectivity index (χ3n) is 3.62. The standard InChI is InChI=1S/C15H16BrNO3S2/c1-11-2-4-12(5-3-11)13-10-17(8-9-20-13)22(18,19)15-7-6-14(16)21-15/h2-7,13H,8-10H2,1H3. The molecule has 0 amide bonds. The van der Waals surface area contributed by atoms with Gasteiger partial charge in [-0.05, 0) is 40.5 Å². The molecule has 1 fully saturated rings. The van der Waals surface area contributed by atoms with E-state index in [1.807, 2.05) is 31.2 Å². The van der Waals surface area contributed by atoms with Crippen LogP contribution in [-0.2, 0) is 14.8 Å². The zero-order valence-corrected chi connectivity index (χ0v) is 15.2. The molecule has 1 aromatic carbocycles. The van der Waals surface area contributed by atoms with E-state index in [-0.39, 0.29) is 6.10 Å². The van der Waals surface area contributed by atoms with Crippen LogP contribution in [0.5, 0.6) is 0 Å². The van der Waals surface area contributed by atoms with Gasteiger partial charge in [0.1, 0.15) is 4.21 Å². The van der Waals surface area contributed by atoms with Crippen LogP contribution < -0.4 is 0 Å². The van der Waals surface area contributed by atoms with E-state index in [4.69, 9.17) is 4.74 Å². The molecule has 1 aliphatic rings. The molecular weight excluding hydrogens is 386 g/mol. The molecule has 7 heteroatoms. The van der Waals surface area contributed by atoms with Crippen molar-refractivity contribution in [3.63, 3.8) is 0 Å². The van der Waals surface area contributed by atoms with Gasteiger partial charge in [0.05, 0.1) is 16.5 Å². The molecule has 4 nitrogen and oxygen atoms in total. The lowest BCUT2D eigenvalue weighted by molar-refractivity contribution is -0.00250. The number of hydrogen-bond donors (Lipinski definition) is 0. The minimum absolute atomic E-state index is 0.215. The predicted molar refractivity (Wildman–Crippen MR) is 90.6 cm³/mol. The quantitative estimate of drug-likeness (QED) is 0.789. The molecule has 1 atom stereocenters. The zero-order valence-electron chi connectivity index (χ0n) is 12.0. The normalized spacial score (nSPS) is 20.2. The number of hydrogen-bond acceptors (Lipinski definition) is 4. The molecule has 2 heterocycles. The van der Waals surface area contributed by atoms with Crippen molar-refractivity contribution in [3.05, 3.63) is 51.3 Å². The van der Waals surface area contributed by atoms with Gasteiger partial charge in [-0.15, -0.1) is 11.3 Å². The molecule has 1 unspecified atom stereocenters. The van der Waals surface area contributed by atoms with Crippen LogP contribution in [-0.4, -0.2) is 32.4 Å². The highest BCUT2D eigenvalue weighted by molar-refractivity contribution is 9.11. The van der Waals surface area contributed by atoms with Gasteiger partial charge in [-0.1, -0.05) is 29.8 Å². The predicted octanol–water partition coefficient (Wildman–Crippen LogP) is 3.58. The van der Waals surface area contributed by atoms with Crippen LogP contribution in [0.25, 0.3) is 0 Å². The molecule has 0 aliphatic carbocycles. The summed E-state index contributed by atoms with van der Waals surface area (Å²) < 4.78 is 33.8. The average molecular weight is 402 g/mol. The van der Waals surface area contributed by atoms with Gasteiger partial charge in [-0.2, -0.15) is 4.31 Å². The number of sulfonamides is 1. The summed E-state index contributed by atoms with van der Waals surface area (Å²) in [5.41, 5.74) is 2.19. The van der Waals surface area contributed by atoms with Crippen molar-refractivity contribution in [2.24, 2.45) is 0 Å². The van der Waals surface area contributed by atoms with Crippen LogP contribution in [0.3, 0.4) is 0 Å². The van der Waals surface area contributed by atoms with Gasteiger partial charge in [-0.3, -0.25) is 0 Å². The van der Waals surface area contributed by atoms with E-state index in [2.05, 4.69) is 15.9 Å². The molecule has 0 N–H and O–H groups in total. The Labute approximate surface area is 142 Å². The Hall–Kier alpha value is -0.730. The van der Waals surface area contributed by atoms with Gasteiger partial charge >= 0.3 is 0 Å². The van der Waals surface area contributed by atoms with Crippen molar-refractivity contribution in [1.82, 2.24) is 4.31 Å². The summed E-state index contributed by atoms with van der Waals surface area (Å²) in [5, 5.41) is 0. The van der Waals surface area contributed by atoms with Gasteiger partial charge in [0.25, 0.3) is 10.0 Å². The lowest BCUT2D eigenvalue weighted by Gasteiger charge is -2.32. The number of morpholine rings is 1. The summed E-state index contributed by atoms with van der Waals surface area (Å²) in [6.07, 6.45) is -0.215. The van der Waals surface area contributed by atoms with Crippen molar-refractivity contribution >= 4 is 37.3 Å². The number of halogens is 1. The third kappa shape index (κ3) is 3.28. The first-order valence-electron chi connectivity index (χ1n) is 6.90. The lowest BCUT2D eigenvalue weighted by atomic mass is 10.1. The van der Waals surface area contributed by atoms with Crippen LogP contribution >= 0.6 is 27.3 Å². The minimum Gasteiger partial charge on any atom is -0.371 e. The first-order valence-corrected chi connectivity index (χ1v) is 9.95. The van der Waals surface area contributed by atoms with Gasteiger partial charge < -0.3 is 4.74 Å². The van der Waals surface area contributed by atoms with E-state index >= 15 is 0 Å². The van der Waals surface area contributed by atoms with Crippen molar-refractivity contribution in [2.75, 3.05) is 19.7 Å². The molecular formula is C15H16BrNO3S2. The van der Waals surface area contributed by atoms with Crippen LogP contribution in [0.4, 0.5) is 0 Å². The Morgan fingerprint density at radius 2 is 1.95 bits per heavy atom. The van der Waals surface area contributed by atoms with E-state index in [0.29, 0.717) is 23.9 Å². The van der Waals surface area contributed by atoms with Crippen LogP contribution in [0.1, 0.15) is 17.2 Å². The summed E-state index contributed by atoms with van der Waals surface area (Å²) in [5.74, 6) is 0. The van der Waals surface area contributed by atoms with Crippen molar-refractivity contribution in [3.8, 4) is 0 Å². The van der Waals surface area contributed by atoms with E-state index < -0.39 is 10.0 Å². The molecule has 1 saturated heterocycles. The van der Waals surface area contributed by atoms with Gasteiger partial charge in [0, 0.05) is 13.1 Å². The van der Waals surface area contributed by atoms with Crippen molar-refractivity contribution in [1.29, 1.82) is 0 Å². The van der Waals surface area contributed by atoms with Crippen molar-refractivity contribution in [2.45, 2.75) is 17.2 Å². The molecule has 22 heavy (non-hydrogen) atoms. The zero-order chi connectivity index (χ0) is 15.7. The molecule has 0 saturated carbocycles. The van der Waals surface area contributed by atoms with Crippen molar-refractivity contribution < 1.29 is 13.2 Å². The summed E-state index contributed by atoms with van der Waals surface area (Å²) in [4.78, 5) is 0. The fourth-order valence-corrected chi connectivity index (χ4v) is 5.98.